The molecule has 0 bridgehead atoms. The van der Waals surface area contributed by atoms with E-state index >= 15 is 0 Å². The Balaban J connectivity index is 3.11. The van der Waals surface area contributed by atoms with Crippen LogP contribution in [0.3, 0.4) is 0 Å². The standard InChI is InChI=1S/C21H38O2/c1-3-5-6-7-8-9-10-11-12-13-14-15-16-17-18-19-20-23-21(22)4-2/h4,14-15H,2-3,5-13,16-20H2,1H3/b15-14+. The number of hydrogen-bond acceptors (Lipinski definition) is 2. The summed E-state index contributed by atoms with van der Waals surface area (Å²) in [6, 6.07) is 0. The predicted molar refractivity (Wildman–Crippen MR) is 101 cm³/mol. The van der Waals surface area contributed by atoms with Crippen LogP contribution in [0.25, 0.3) is 0 Å². The van der Waals surface area contributed by atoms with Gasteiger partial charge in [-0.3, -0.25) is 0 Å². The highest BCUT2D eigenvalue weighted by atomic mass is 16.5. The average Bonchev–Trinajstić information content (AvgIpc) is 2.57. The number of esters is 1. The molecule has 0 saturated heterocycles. The van der Waals surface area contributed by atoms with E-state index in [2.05, 4.69) is 25.7 Å². The Kier molecular flexibility index (Phi) is 18.1. The van der Waals surface area contributed by atoms with E-state index in [1.165, 1.54) is 76.7 Å². The van der Waals surface area contributed by atoms with Gasteiger partial charge in [-0.15, -0.1) is 0 Å². The maximum atomic E-state index is 10.8. The zero-order valence-electron chi connectivity index (χ0n) is 15.4. The molecule has 0 aromatic heterocycles. The molecule has 0 N–H and O–H groups in total. The Morgan fingerprint density at radius 2 is 1.26 bits per heavy atom. The minimum atomic E-state index is -0.314. The highest BCUT2D eigenvalue weighted by Gasteiger charge is 1.94. The summed E-state index contributed by atoms with van der Waals surface area (Å²) in [7, 11) is 0. The van der Waals surface area contributed by atoms with Gasteiger partial charge in [0.05, 0.1) is 6.61 Å². The molecule has 0 aliphatic carbocycles. The molecule has 0 unspecified atom stereocenters. The van der Waals surface area contributed by atoms with E-state index in [4.69, 9.17) is 4.74 Å². The second kappa shape index (κ2) is 19.0. The van der Waals surface area contributed by atoms with Gasteiger partial charge in [0, 0.05) is 6.08 Å². The molecule has 134 valence electrons. The summed E-state index contributed by atoms with van der Waals surface area (Å²) in [5.41, 5.74) is 0. The molecule has 0 fully saturated rings. The summed E-state index contributed by atoms with van der Waals surface area (Å²) < 4.78 is 4.94. The lowest BCUT2D eigenvalue weighted by atomic mass is 10.1. The van der Waals surface area contributed by atoms with Crippen LogP contribution in [0, 0.1) is 0 Å². The molecule has 0 aromatic rings. The smallest absolute Gasteiger partial charge is 0.330 e. The van der Waals surface area contributed by atoms with Gasteiger partial charge in [-0.2, -0.15) is 0 Å². The normalized spacial score (nSPS) is 11.0. The van der Waals surface area contributed by atoms with Gasteiger partial charge in [0.2, 0.25) is 0 Å². The van der Waals surface area contributed by atoms with E-state index in [1.807, 2.05) is 0 Å². The first-order valence-corrected chi connectivity index (χ1v) is 9.75. The minimum absolute atomic E-state index is 0.314. The van der Waals surface area contributed by atoms with Crippen molar-refractivity contribution in [1.82, 2.24) is 0 Å². The van der Waals surface area contributed by atoms with E-state index < -0.39 is 0 Å². The monoisotopic (exact) mass is 322 g/mol. The number of rotatable bonds is 17. The van der Waals surface area contributed by atoms with Crippen molar-refractivity contribution >= 4 is 5.97 Å². The number of allylic oxidation sites excluding steroid dienone is 2. The van der Waals surface area contributed by atoms with Gasteiger partial charge < -0.3 is 4.74 Å². The maximum absolute atomic E-state index is 10.8. The molecule has 2 nitrogen and oxygen atoms in total. The molecule has 0 heterocycles. The van der Waals surface area contributed by atoms with E-state index in [-0.39, 0.29) is 5.97 Å². The second-order valence-electron chi connectivity index (χ2n) is 6.31. The van der Waals surface area contributed by atoms with Crippen LogP contribution in [0.15, 0.2) is 24.8 Å². The topological polar surface area (TPSA) is 26.3 Å². The van der Waals surface area contributed by atoms with Gasteiger partial charge in [-0.1, -0.05) is 77.0 Å². The maximum Gasteiger partial charge on any atom is 0.330 e. The van der Waals surface area contributed by atoms with Crippen LogP contribution in [0.2, 0.25) is 0 Å². The molecule has 0 amide bonds. The minimum Gasteiger partial charge on any atom is -0.463 e. The van der Waals surface area contributed by atoms with Gasteiger partial charge in [0.1, 0.15) is 0 Å². The molecule has 0 aliphatic rings. The second-order valence-corrected chi connectivity index (χ2v) is 6.31. The molecule has 0 rings (SSSR count). The van der Waals surface area contributed by atoms with E-state index in [9.17, 15) is 4.79 Å². The third kappa shape index (κ3) is 18.9. The van der Waals surface area contributed by atoms with Gasteiger partial charge in [-0.05, 0) is 38.5 Å². The first-order chi connectivity index (χ1) is 11.3. The van der Waals surface area contributed by atoms with Gasteiger partial charge in [0.15, 0.2) is 0 Å². The Morgan fingerprint density at radius 3 is 1.78 bits per heavy atom. The molecule has 0 atom stereocenters. The van der Waals surface area contributed by atoms with E-state index in [0.717, 1.165) is 19.3 Å². The highest BCUT2D eigenvalue weighted by Crippen LogP contribution is 2.11. The molecule has 0 radical (unpaired) electrons. The molecule has 23 heavy (non-hydrogen) atoms. The Morgan fingerprint density at radius 1 is 0.783 bits per heavy atom. The molecule has 0 saturated carbocycles. The number of unbranched alkanes of at least 4 members (excludes halogenated alkanes) is 12. The van der Waals surface area contributed by atoms with Gasteiger partial charge >= 0.3 is 5.97 Å². The van der Waals surface area contributed by atoms with Crippen molar-refractivity contribution in [1.29, 1.82) is 0 Å². The Labute approximate surface area is 144 Å². The SMILES string of the molecule is C=CC(=O)OCCCCC/C=C/CCCCCCCCCCC. The first kappa shape index (κ1) is 21.9. The number of hydrogen-bond donors (Lipinski definition) is 0. The molecule has 0 spiro atoms. The van der Waals surface area contributed by atoms with Crippen LogP contribution in [-0.2, 0) is 9.53 Å². The quantitative estimate of drug-likeness (QED) is 0.128. The Bertz CT molecular complexity index is 294. The van der Waals surface area contributed by atoms with Crippen molar-refractivity contribution in [2.75, 3.05) is 6.61 Å². The lowest BCUT2D eigenvalue weighted by molar-refractivity contribution is -0.137. The first-order valence-electron chi connectivity index (χ1n) is 9.75. The van der Waals surface area contributed by atoms with Crippen LogP contribution in [0.4, 0.5) is 0 Å². The zero-order chi connectivity index (χ0) is 17.0. The van der Waals surface area contributed by atoms with Gasteiger partial charge in [-0.25, -0.2) is 4.79 Å². The van der Waals surface area contributed by atoms with Crippen molar-refractivity contribution in [3.63, 3.8) is 0 Å². The lowest BCUT2D eigenvalue weighted by Gasteiger charge is -2.01. The fourth-order valence-electron chi connectivity index (χ4n) is 2.58. The van der Waals surface area contributed by atoms with Crippen molar-refractivity contribution in [2.45, 2.75) is 96.8 Å². The third-order valence-electron chi connectivity index (χ3n) is 4.07. The Hall–Kier alpha value is -1.05. The summed E-state index contributed by atoms with van der Waals surface area (Å²) in [5.74, 6) is -0.314. The van der Waals surface area contributed by atoms with Crippen LogP contribution in [-0.4, -0.2) is 12.6 Å². The van der Waals surface area contributed by atoms with Crippen LogP contribution in [0.5, 0.6) is 0 Å². The van der Waals surface area contributed by atoms with Crippen molar-refractivity contribution in [3.8, 4) is 0 Å². The highest BCUT2D eigenvalue weighted by molar-refractivity contribution is 5.81. The third-order valence-corrected chi connectivity index (χ3v) is 4.07. The average molecular weight is 323 g/mol. The molecule has 0 aliphatic heterocycles. The van der Waals surface area contributed by atoms with Crippen LogP contribution in [0.1, 0.15) is 96.8 Å². The zero-order valence-corrected chi connectivity index (χ0v) is 15.4. The fraction of sp³-hybridized carbons (Fsp3) is 0.762. The van der Waals surface area contributed by atoms with Crippen molar-refractivity contribution < 1.29 is 9.53 Å². The summed E-state index contributed by atoms with van der Waals surface area (Å²) in [5, 5.41) is 0. The number of carbonyl (C=O) groups is 1. The lowest BCUT2D eigenvalue weighted by Crippen LogP contribution is -2.01. The van der Waals surface area contributed by atoms with Crippen LogP contribution >= 0.6 is 0 Å². The molecular formula is C21H38O2. The van der Waals surface area contributed by atoms with Gasteiger partial charge in [0.25, 0.3) is 0 Å². The number of carbonyl (C=O) groups excluding carboxylic acids is 1. The van der Waals surface area contributed by atoms with Crippen molar-refractivity contribution in [3.05, 3.63) is 24.8 Å². The summed E-state index contributed by atoms with van der Waals surface area (Å²) >= 11 is 0. The number of ether oxygens (including phenoxy) is 1. The van der Waals surface area contributed by atoms with E-state index in [1.54, 1.807) is 0 Å². The molecule has 0 aromatic carbocycles. The fourth-order valence-corrected chi connectivity index (χ4v) is 2.58. The summed E-state index contributed by atoms with van der Waals surface area (Å²) in [4.78, 5) is 10.8. The molecular weight excluding hydrogens is 284 g/mol. The summed E-state index contributed by atoms with van der Waals surface area (Å²) in [6.45, 7) is 6.17. The largest absolute Gasteiger partial charge is 0.463 e. The summed E-state index contributed by atoms with van der Waals surface area (Å²) in [6.07, 6.45) is 24.1. The van der Waals surface area contributed by atoms with Crippen LogP contribution < -0.4 is 0 Å². The van der Waals surface area contributed by atoms with E-state index in [0.29, 0.717) is 6.61 Å². The molecule has 2 heteroatoms. The predicted octanol–water partition coefficient (Wildman–Crippen LogP) is 6.75. The van der Waals surface area contributed by atoms with Crippen molar-refractivity contribution in [2.24, 2.45) is 0 Å².